The molecule has 42 heavy (non-hydrogen) atoms. The van der Waals surface area contributed by atoms with Gasteiger partial charge in [0.25, 0.3) is 11.8 Å². The van der Waals surface area contributed by atoms with E-state index in [2.05, 4.69) is 16.0 Å². The first-order valence-corrected chi connectivity index (χ1v) is 15.5. The van der Waals surface area contributed by atoms with Gasteiger partial charge in [-0.25, -0.2) is 4.79 Å². The lowest BCUT2D eigenvalue weighted by Gasteiger charge is -2.39. The van der Waals surface area contributed by atoms with Gasteiger partial charge in [0.05, 0.1) is 19.3 Å². The predicted octanol–water partition coefficient (Wildman–Crippen LogP) is 2.40. The van der Waals surface area contributed by atoms with Gasteiger partial charge in [-0.1, -0.05) is 57.2 Å². The number of unbranched alkanes of at least 4 members (excludes halogenated alkanes) is 1. The van der Waals surface area contributed by atoms with Crippen LogP contribution in [-0.4, -0.2) is 96.4 Å². The Morgan fingerprint density at radius 3 is 2.24 bits per heavy atom. The molecule has 1 atom stereocenters. The van der Waals surface area contributed by atoms with E-state index >= 15 is 0 Å². The van der Waals surface area contributed by atoms with Crippen LogP contribution in [0.2, 0.25) is 0 Å². The largest absolute Gasteiger partial charge is 0.378 e. The minimum Gasteiger partial charge on any atom is -0.378 e. The van der Waals surface area contributed by atoms with Crippen LogP contribution in [0.25, 0.3) is 0 Å². The number of nitrogens with one attached hydrogen (secondary N) is 3. The van der Waals surface area contributed by atoms with Gasteiger partial charge in [0.15, 0.2) is 0 Å². The summed E-state index contributed by atoms with van der Waals surface area (Å²) in [6, 6.07) is 7.57. The molecule has 11 heteroatoms. The predicted molar refractivity (Wildman–Crippen MR) is 157 cm³/mol. The molecule has 1 aromatic rings. The Balaban J connectivity index is 1.35. The van der Waals surface area contributed by atoms with E-state index in [1.807, 2.05) is 25.1 Å². The Morgan fingerprint density at radius 2 is 1.60 bits per heavy atom. The quantitative estimate of drug-likeness (QED) is 0.362. The van der Waals surface area contributed by atoms with Gasteiger partial charge in [0.1, 0.15) is 5.54 Å². The fraction of sp³-hybridized carbons (Fsp3) is 0.645. The Hall–Kier alpha value is -3.47. The van der Waals surface area contributed by atoms with Gasteiger partial charge in [-0.05, 0) is 44.2 Å². The Morgan fingerprint density at radius 1 is 0.929 bits per heavy atom. The van der Waals surface area contributed by atoms with E-state index in [9.17, 15) is 24.0 Å². The molecular formula is C31H45N5O6. The molecule has 0 bridgehead atoms. The molecule has 0 radical (unpaired) electrons. The van der Waals surface area contributed by atoms with Crippen molar-refractivity contribution >= 4 is 29.5 Å². The van der Waals surface area contributed by atoms with Crippen molar-refractivity contribution in [2.24, 2.45) is 0 Å². The van der Waals surface area contributed by atoms with Crippen LogP contribution >= 0.6 is 0 Å². The number of ketones is 1. The van der Waals surface area contributed by atoms with Crippen LogP contribution in [0.3, 0.4) is 0 Å². The van der Waals surface area contributed by atoms with E-state index in [1.165, 1.54) is 0 Å². The molecule has 0 spiro atoms. The fourth-order valence-corrected chi connectivity index (χ4v) is 5.99. The van der Waals surface area contributed by atoms with E-state index < -0.39 is 29.2 Å². The molecule has 3 N–H and O–H groups in total. The van der Waals surface area contributed by atoms with Crippen LogP contribution in [0, 0.1) is 0 Å². The van der Waals surface area contributed by atoms with Crippen molar-refractivity contribution in [3.8, 4) is 0 Å². The van der Waals surface area contributed by atoms with Crippen molar-refractivity contribution in [1.82, 2.24) is 25.8 Å². The summed E-state index contributed by atoms with van der Waals surface area (Å²) >= 11 is 0. The van der Waals surface area contributed by atoms with Crippen LogP contribution < -0.4 is 16.0 Å². The number of amides is 5. The van der Waals surface area contributed by atoms with E-state index in [0.29, 0.717) is 83.5 Å². The van der Waals surface area contributed by atoms with E-state index in [1.54, 1.807) is 21.9 Å². The van der Waals surface area contributed by atoms with Crippen molar-refractivity contribution < 1.29 is 28.7 Å². The first kappa shape index (κ1) is 31.5. The normalized spacial score (nSPS) is 19.8. The minimum absolute atomic E-state index is 0.0452. The molecule has 3 aliphatic rings. The first-order chi connectivity index (χ1) is 20.3. The molecule has 1 aliphatic carbocycles. The molecule has 2 saturated heterocycles. The van der Waals surface area contributed by atoms with Gasteiger partial charge in [0.2, 0.25) is 11.7 Å². The second-order valence-corrected chi connectivity index (χ2v) is 11.6. The summed E-state index contributed by atoms with van der Waals surface area (Å²) in [5, 5.41) is 8.71. The third kappa shape index (κ3) is 8.08. The van der Waals surface area contributed by atoms with Crippen LogP contribution in [0.1, 0.15) is 81.5 Å². The second-order valence-electron chi connectivity index (χ2n) is 11.6. The minimum atomic E-state index is -1.12. The molecule has 1 aromatic carbocycles. The average molecular weight is 584 g/mol. The van der Waals surface area contributed by atoms with E-state index in [-0.39, 0.29) is 18.0 Å². The molecule has 5 amide bonds. The summed E-state index contributed by atoms with van der Waals surface area (Å²) in [7, 11) is 0. The highest BCUT2D eigenvalue weighted by Gasteiger charge is 2.43. The van der Waals surface area contributed by atoms with Crippen molar-refractivity contribution in [3.05, 3.63) is 35.9 Å². The number of hydrogen-bond donors (Lipinski definition) is 3. The molecule has 1 saturated carbocycles. The molecule has 3 fully saturated rings. The van der Waals surface area contributed by atoms with Gasteiger partial charge in [-0.2, -0.15) is 0 Å². The fourth-order valence-electron chi connectivity index (χ4n) is 5.99. The summed E-state index contributed by atoms with van der Waals surface area (Å²) in [5.74, 6) is -1.85. The maximum atomic E-state index is 13.8. The smallest absolute Gasteiger partial charge is 0.318 e. The Labute approximate surface area is 248 Å². The number of hydrogen-bond acceptors (Lipinski definition) is 6. The van der Waals surface area contributed by atoms with Gasteiger partial charge < -0.3 is 30.5 Å². The highest BCUT2D eigenvalue weighted by atomic mass is 16.5. The molecule has 2 heterocycles. The molecule has 2 aliphatic heterocycles. The lowest BCUT2D eigenvalue weighted by Crippen LogP contribution is -2.64. The zero-order valence-electron chi connectivity index (χ0n) is 24.7. The van der Waals surface area contributed by atoms with Gasteiger partial charge in [0, 0.05) is 37.8 Å². The number of Topliss-reactive ketones (excluding diaryl/α,β-unsaturated/α-hetero) is 1. The lowest BCUT2D eigenvalue weighted by atomic mass is 9.80. The highest BCUT2D eigenvalue weighted by Crippen LogP contribution is 2.29. The van der Waals surface area contributed by atoms with E-state index in [4.69, 9.17) is 4.74 Å². The second kappa shape index (κ2) is 15.1. The maximum Gasteiger partial charge on any atom is 0.318 e. The number of urea groups is 1. The number of piperidine rings is 1. The highest BCUT2D eigenvalue weighted by molar-refractivity contribution is 6.38. The molecule has 230 valence electrons. The Bertz CT molecular complexity index is 1090. The van der Waals surface area contributed by atoms with Crippen molar-refractivity contribution in [2.45, 2.75) is 88.8 Å². The maximum absolute atomic E-state index is 13.8. The zero-order chi connectivity index (χ0) is 30.0. The number of rotatable bonds is 10. The van der Waals surface area contributed by atoms with Crippen molar-refractivity contribution in [1.29, 1.82) is 0 Å². The van der Waals surface area contributed by atoms with Gasteiger partial charge in [-0.3, -0.25) is 19.2 Å². The topological polar surface area (TPSA) is 137 Å². The van der Waals surface area contributed by atoms with Crippen molar-refractivity contribution in [2.75, 3.05) is 39.4 Å². The number of carbonyl (C=O) groups excluding carboxylic acids is 5. The van der Waals surface area contributed by atoms with Crippen molar-refractivity contribution in [3.63, 3.8) is 0 Å². The third-order valence-corrected chi connectivity index (χ3v) is 8.62. The standard InChI is InChI=1S/C31H45N5O6/c1-2-3-12-25(33-29(40)31(15-8-5-9-16-31)34-30(41)36-19-21-42-22-20-36)26(37)27(38)32-24-13-17-35(18-14-24)28(39)23-10-6-4-7-11-23/h4,6-7,10-11,24-25H,2-3,5,8-9,12-22H2,1H3,(H,32,38)(H,33,40)(H,34,41). The van der Waals surface area contributed by atoms with Crippen LogP contribution in [0.5, 0.6) is 0 Å². The van der Waals surface area contributed by atoms with Crippen LogP contribution in [0.15, 0.2) is 30.3 Å². The molecular weight excluding hydrogens is 538 g/mol. The summed E-state index contributed by atoms with van der Waals surface area (Å²) in [4.78, 5) is 69.5. The third-order valence-electron chi connectivity index (χ3n) is 8.62. The number of benzene rings is 1. The summed E-state index contributed by atoms with van der Waals surface area (Å²) in [5.41, 5.74) is -0.492. The number of likely N-dealkylation sites (tertiary alicyclic amines) is 1. The number of carbonyl (C=O) groups is 5. The average Bonchev–Trinajstić information content (AvgIpc) is 3.03. The zero-order valence-corrected chi connectivity index (χ0v) is 24.7. The molecule has 1 unspecified atom stereocenters. The molecule has 4 rings (SSSR count). The summed E-state index contributed by atoms with van der Waals surface area (Å²) in [6.45, 7) is 4.78. The molecule has 11 nitrogen and oxygen atoms in total. The Kier molecular flexibility index (Phi) is 11.3. The first-order valence-electron chi connectivity index (χ1n) is 15.5. The van der Waals surface area contributed by atoms with Crippen LogP contribution in [-0.2, 0) is 19.1 Å². The number of morpholine rings is 1. The molecule has 0 aromatic heterocycles. The lowest BCUT2D eigenvalue weighted by molar-refractivity contribution is -0.141. The number of nitrogens with zero attached hydrogens (tertiary/aromatic N) is 2. The van der Waals surface area contributed by atoms with Crippen LogP contribution in [0.4, 0.5) is 4.79 Å². The van der Waals surface area contributed by atoms with Gasteiger partial charge in [-0.15, -0.1) is 0 Å². The number of ether oxygens (including phenoxy) is 1. The SMILES string of the molecule is CCCCC(NC(=O)C1(NC(=O)N2CCOCC2)CCCCC1)C(=O)C(=O)NC1CCN(C(=O)c2ccccc2)CC1. The van der Waals surface area contributed by atoms with Gasteiger partial charge >= 0.3 is 6.03 Å². The monoisotopic (exact) mass is 583 g/mol. The van der Waals surface area contributed by atoms with E-state index in [0.717, 1.165) is 25.7 Å². The summed E-state index contributed by atoms with van der Waals surface area (Å²) < 4.78 is 5.35. The summed E-state index contributed by atoms with van der Waals surface area (Å²) in [6.07, 6.45) is 6.40.